The molecule has 0 aliphatic carbocycles. The standard InChI is InChI=1S/C51H94NO7P/c1-6-8-10-12-14-16-18-20-22-24-25-26-27-29-31-33-35-37-39-41-43-46-56-48-50(49-58-60(54,55)57-47-45-52(3,4)5)59-51(53)44-42-40-38-36-34-32-30-28-23-21-19-17-15-13-11-9-7-2/h9,11,15,17,21,23,30,32,36,38,50H,6-8,10,12-14,16,18-20,22,24-29,31,33-35,37,39-49H2,1-5H3/b11-9-,17-15-,23-21-,32-30-,38-36-. The number of nitrogens with zero attached hydrogens (tertiary/aromatic N) is 1. The topological polar surface area (TPSA) is 94.1 Å². The van der Waals surface area contributed by atoms with E-state index in [1.165, 1.54) is 122 Å². The number of phosphoric ester groups is 1. The lowest BCUT2D eigenvalue weighted by atomic mass is 10.0. The SMILES string of the molecule is CC/C=C\C/C=C\C/C=C\C/C=C\C/C=C\CCCC(=O)OC(COCCCCCCCCCCCCCCCCCCCCCCC)COP(=O)([O-])OCC[N+](C)(C)C. The first-order chi connectivity index (χ1) is 29.1. The lowest BCUT2D eigenvalue weighted by molar-refractivity contribution is -0.870. The van der Waals surface area contributed by atoms with Gasteiger partial charge in [-0.3, -0.25) is 9.36 Å². The molecule has 9 heteroatoms. The maximum absolute atomic E-state index is 12.7. The summed E-state index contributed by atoms with van der Waals surface area (Å²) >= 11 is 0. The molecule has 0 aromatic rings. The minimum Gasteiger partial charge on any atom is -0.756 e. The first-order valence-electron chi connectivity index (χ1n) is 24.5. The Hall–Kier alpha value is -1.80. The van der Waals surface area contributed by atoms with Crippen LogP contribution < -0.4 is 4.89 Å². The second-order valence-electron chi connectivity index (χ2n) is 17.4. The van der Waals surface area contributed by atoms with Crippen molar-refractivity contribution in [2.45, 2.75) is 206 Å². The molecule has 2 unspecified atom stereocenters. The molecule has 0 N–H and O–H groups in total. The summed E-state index contributed by atoms with van der Waals surface area (Å²) in [7, 11) is 1.32. The lowest BCUT2D eigenvalue weighted by Gasteiger charge is -2.28. The molecule has 350 valence electrons. The Morgan fingerprint density at radius 3 is 1.38 bits per heavy atom. The maximum atomic E-state index is 12.7. The number of rotatable bonds is 45. The zero-order valence-corrected chi connectivity index (χ0v) is 40.5. The molecule has 0 aliphatic heterocycles. The van der Waals surface area contributed by atoms with Crippen LogP contribution >= 0.6 is 7.82 Å². The van der Waals surface area contributed by atoms with Crippen LogP contribution in [0.5, 0.6) is 0 Å². The number of quaternary nitrogens is 1. The number of hydrogen-bond donors (Lipinski definition) is 0. The van der Waals surface area contributed by atoms with E-state index in [-0.39, 0.29) is 32.2 Å². The first-order valence-corrected chi connectivity index (χ1v) is 26.0. The number of likely N-dealkylation sites (N-methyl/N-ethyl adjacent to an activating group) is 1. The fourth-order valence-electron chi connectivity index (χ4n) is 6.58. The van der Waals surface area contributed by atoms with E-state index in [1.807, 2.05) is 21.1 Å². The maximum Gasteiger partial charge on any atom is 0.306 e. The summed E-state index contributed by atoms with van der Waals surface area (Å²) in [5.41, 5.74) is 0. The van der Waals surface area contributed by atoms with E-state index in [2.05, 4.69) is 74.6 Å². The van der Waals surface area contributed by atoms with Gasteiger partial charge in [-0.1, -0.05) is 203 Å². The number of hydrogen-bond acceptors (Lipinski definition) is 7. The molecule has 0 bridgehead atoms. The highest BCUT2D eigenvalue weighted by molar-refractivity contribution is 7.45. The quantitative estimate of drug-likeness (QED) is 0.0198. The molecule has 0 rings (SSSR count). The van der Waals surface area contributed by atoms with E-state index in [0.29, 0.717) is 24.1 Å². The predicted molar refractivity (Wildman–Crippen MR) is 254 cm³/mol. The van der Waals surface area contributed by atoms with Gasteiger partial charge in [-0.2, -0.15) is 0 Å². The molecule has 0 aromatic heterocycles. The molecule has 0 heterocycles. The second-order valence-corrected chi connectivity index (χ2v) is 18.9. The van der Waals surface area contributed by atoms with Crippen molar-refractivity contribution in [2.24, 2.45) is 0 Å². The van der Waals surface area contributed by atoms with Gasteiger partial charge in [0.25, 0.3) is 7.82 Å². The average Bonchev–Trinajstić information content (AvgIpc) is 3.20. The summed E-state index contributed by atoms with van der Waals surface area (Å²) in [5.74, 6) is -0.389. The van der Waals surface area contributed by atoms with Crippen LogP contribution in [0.25, 0.3) is 0 Å². The number of carbonyl (C=O) groups excluding carboxylic acids is 1. The van der Waals surface area contributed by atoms with Gasteiger partial charge in [0.05, 0.1) is 34.4 Å². The Morgan fingerprint density at radius 1 is 0.533 bits per heavy atom. The Balaban J connectivity index is 4.22. The summed E-state index contributed by atoms with van der Waals surface area (Å²) in [6, 6.07) is 0. The van der Waals surface area contributed by atoms with Crippen molar-refractivity contribution in [1.29, 1.82) is 0 Å². The van der Waals surface area contributed by atoms with Gasteiger partial charge >= 0.3 is 5.97 Å². The predicted octanol–water partition coefficient (Wildman–Crippen LogP) is 14.3. The average molecular weight is 864 g/mol. The van der Waals surface area contributed by atoms with E-state index >= 15 is 0 Å². The van der Waals surface area contributed by atoms with Crippen molar-refractivity contribution < 1.29 is 37.3 Å². The van der Waals surface area contributed by atoms with Crippen LogP contribution in [-0.2, 0) is 27.9 Å². The van der Waals surface area contributed by atoms with Crippen LogP contribution in [0.3, 0.4) is 0 Å². The van der Waals surface area contributed by atoms with Gasteiger partial charge in [-0.25, -0.2) is 0 Å². The number of unbranched alkanes of at least 4 members (excludes halogenated alkanes) is 21. The third-order valence-electron chi connectivity index (χ3n) is 10.3. The largest absolute Gasteiger partial charge is 0.756 e. The third kappa shape index (κ3) is 47.3. The molecule has 0 fully saturated rings. The van der Waals surface area contributed by atoms with Gasteiger partial charge in [0.15, 0.2) is 0 Å². The zero-order chi connectivity index (χ0) is 44.1. The molecule has 0 spiro atoms. The van der Waals surface area contributed by atoms with Crippen LogP contribution in [0, 0.1) is 0 Å². The van der Waals surface area contributed by atoms with Gasteiger partial charge in [0, 0.05) is 13.0 Å². The molecule has 0 radical (unpaired) electrons. The number of esters is 1. The summed E-state index contributed by atoms with van der Waals surface area (Å²) in [6.07, 6.45) is 55.4. The highest BCUT2D eigenvalue weighted by Gasteiger charge is 2.20. The van der Waals surface area contributed by atoms with Crippen LogP contribution in [0.4, 0.5) is 0 Å². The molecule has 0 saturated carbocycles. The van der Waals surface area contributed by atoms with Crippen LogP contribution in [-0.4, -0.2) is 70.7 Å². The zero-order valence-electron chi connectivity index (χ0n) is 39.6. The fraction of sp³-hybridized carbons (Fsp3) is 0.784. The minimum absolute atomic E-state index is 0.0144. The van der Waals surface area contributed by atoms with Crippen molar-refractivity contribution in [3.8, 4) is 0 Å². The van der Waals surface area contributed by atoms with Gasteiger partial charge in [-0.05, 0) is 51.4 Å². The van der Waals surface area contributed by atoms with Gasteiger partial charge in [0.2, 0.25) is 0 Å². The molecule has 8 nitrogen and oxygen atoms in total. The van der Waals surface area contributed by atoms with E-state index in [4.69, 9.17) is 18.5 Å². The number of carbonyl (C=O) groups is 1. The molecular weight excluding hydrogens is 770 g/mol. The molecule has 0 aromatic carbocycles. The van der Waals surface area contributed by atoms with Crippen molar-refractivity contribution >= 4 is 13.8 Å². The molecule has 2 atom stereocenters. The summed E-state index contributed by atoms with van der Waals surface area (Å²) in [6.45, 7) is 5.24. The van der Waals surface area contributed by atoms with Gasteiger partial charge in [0.1, 0.15) is 19.3 Å². The monoisotopic (exact) mass is 864 g/mol. The molecule has 0 saturated heterocycles. The van der Waals surface area contributed by atoms with Gasteiger partial charge in [-0.15, -0.1) is 0 Å². The smallest absolute Gasteiger partial charge is 0.306 e. The first kappa shape index (κ1) is 58.2. The Kier molecular flexibility index (Phi) is 42.5. The van der Waals surface area contributed by atoms with Crippen LogP contribution in [0.15, 0.2) is 60.8 Å². The number of phosphoric acid groups is 1. The van der Waals surface area contributed by atoms with E-state index in [9.17, 15) is 14.3 Å². The highest BCUT2D eigenvalue weighted by atomic mass is 31.2. The molecular formula is C51H94NO7P. The Bertz CT molecular complexity index is 1140. The van der Waals surface area contributed by atoms with Crippen LogP contribution in [0.1, 0.15) is 200 Å². The summed E-state index contributed by atoms with van der Waals surface area (Å²) in [5, 5.41) is 0. The Labute approximate surface area is 370 Å². The Morgan fingerprint density at radius 2 is 0.950 bits per heavy atom. The summed E-state index contributed by atoms with van der Waals surface area (Å²) < 4.78 is 34.6. The summed E-state index contributed by atoms with van der Waals surface area (Å²) in [4.78, 5) is 25.1. The highest BCUT2D eigenvalue weighted by Crippen LogP contribution is 2.38. The number of ether oxygens (including phenoxy) is 2. The van der Waals surface area contributed by atoms with Crippen LogP contribution in [0.2, 0.25) is 0 Å². The van der Waals surface area contributed by atoms with E-state index in [0.717, 1.165) is 51.4 Å². The third-order valence-corrected chi connectivity index (χ3v) is 11.3. The molecule has 60 heavy (non-hydrogen) atoms. The fourth-order valence-corrected chi connectivity index (χ4v) is 7.31. The second kappa shape index (κ2) is 43.8. The van der Waals surface area contributed by atoms with Gasteiger partial charge < -0.3 is 27.9 Å². The van der Waals surface area contributed by atoms with Crippen molar-refractivity contribution in [2.75, 3.05) is 54.1 Å². The minimum atomic E-state index is -4.54. The van der Waals surface area contributed by atoms with Crippen molar-refractivity contribution in [3.63, 3.8) is 0 Å². The number of allylic oxidation sites excluding steroid dienone is 10. The van der Waals surface area contributed by atoms with E-state index < -0.39 is 13.9 Å². The molecule has 0 aliphatic rings. The lowest BCUT2D eigenvalue weighted by Crippen LogP contribution is -2.37. The van der Waals surface area contributed by atoms with Crippen molar-refractivity contribution in [1.82, 2.24) is 0 Å². The van der Waals surface area contributed by atoms with Crippen molar-refractivity contribution in [3.05, 3.63) is 60.8 Å². The normalized spacial score (nSPS) is 14.2. The molecule has 0 amide bonds. The van der Waals surface area contributed by atoms with E-state index in [1.54, 1.807) is 0 Å².